The second-order valence-corrected chi connectivity index (χ2v) is 3.67. The van der Waals surface area contributed by atoms with Crippen molar-refractivity contribution < 1.29 is 4.92 Å². The number of fused-ring (bicyclic) bond motifs is 1. The zero-order valence-corrected chi connectivity index (χ0v) is 8.85. The average Bonchev–Trinajstić information content (AvgIpc) is 2.46. The fraction of sp³-hybridized carbons (Fsp3) is 0.125. The summed E-state index contributed by atoms with van der Waals surface area (Å²) in [5.41, 5.74) is 0.495. The van der Waals surface area contributed by atoms with E-state index in [0.717, 1.165) is 0 Å². The van der Waals surface area contributed by atoms with E-state index in [9.17, 15) is 10.1 Å². The summed E-state index contributed by atoms with van der Waals surface area (Å²) in [6.07, 6.45) is 1.75. The highest BCUT2D eigenvalue weighted by molar-refractivity contribution is 9.10. The van der Waals surface area contributed by atoms with Gasteiger partial charge in [-0.2, -0.15) is 0 Å². The number of pyridine rings is 1. The van der Waals surface area contributed by atoms with Crippen LogP contribution >= 0.6 is 15.9 Å². The summed E-state index contributed by atoms with van der Waals surface area (Å²) < 4.78 is 2.36. The van der Waals surface area contributed by atoms with E-state index < -0.39 is 4.92 Å². The average molecular weight is 256 g/mol. The number of halogens is 1. The Morgan fingerprint density at radius 3 is 3.00 bits per heavy atom. The molecule has 0 N–H and O–H groups in total. The van der Waals surface area contributed by atoms with Gasteiger partial charge in [-0.1, -0.05) is 0 Å². The second kappa shape index (κ2) is 3.06. The van der Waals surface area contributed by atoms with Gasteiger partial charge < -0.3 is 10.1 Å². The Morgan fingerprint density at radius 1 is 1.64 bits per heavy atom. The molecule has 0 atom stereocenters. The van der Waals surface area contributed by atoms with Crippen molar-refractivity contribution in [3.05, 3.63) is 38.7 Å². The lowest BCUT2D eigenvalue weighted by molar-refractivity contribution is -0.387. The molecular weight excluding hydrogens is 250 g/mol. The molecule has 0 saturated carbocycles. The van der Waals surface area contributed by atoms with Crippen LogP contribution in [0.4, 0.5) is 5.82 Å². The Hall–Kier alpha value is -1.43. The van der Waals surface area contributed by atoms with Crippen molar-refractivity contribution in [1.82, 2.24) is 9.38 Å². The maximum atomic E-state index is 10.7. The van der Waals surface area contributed by atoms with Crippen LogP contribution in [0.2, 0.25) is 0 Å². The van der Waals surface area contributed by atoms with Crippen molar-refractivity contribution in [3.8, 4) is 0 Å². The zero-order valence-electron chi connectivity index (χ0n) is 7.27. The van der Waals surface area contributed by atoms with Crippen molar-refractivity contribution in [2.75, 3.05) is 0 Å². The molecule has 0 aliphatic rings. The minimum absolute atomic E-state index is 0.116. The van der Waals surface area contributed by atoms with E-state index in [4.69, 9.17) is 0 Å². The van der Waals surface area contributed by atoms with Gasteiger partial charge in [0.15, 0.2) is 5.52 Å². The molecule has 2 aromatic rings. The SMILES string of the molecule is Cc1nc([N+](=O)[O-])c2c(Br)cccn12. The molecule has 0 radical (unpaired) electrons. The van der Waals surface area contributed by atoms with Crippen molar-refractivity contribution in [2.45, 2.75) is 6.92 Å². The lowest BCUT2D eigenvalue weighted by Crippen LogP contribution is -1.89. The molecule has 0 bridgehead atoms. The number of imidazole rings is 1. The maximum Gasteiger partial charge on any atom is 0.390 e. The van der Waals surface area contributed by atoms with Crippen LogP contribution in [0.5, 0.6) is 0 Å². The van der Waals surface area contributed by atoms with Gasteiger partial charge in [0.2, 0.25) is 5.82 Å². The minimum Gasteiger partial charge on any atom is -0.358 e. The van der Waals surface area contributed by atoms with Gasteiger partial charge in [-0.15, -0.1) is 0 Å². The van der Waals surface area contributed by atoms with Crippen LogP contribution < -0.4 is 0 Å². The molecule has 0 aliphatic heterocycles. The van der Waals surface area contributed by atoms with Crippen molar-refractivity contribution >= 4 is 27.3 Å². The van der Waals surface area contributed by atoms with E-state index in [-0.39, 0.29) is 5.82 Å². The normalized spacial score (nSPS) is 10.7. The summed E-state index contributed by atoms with van der Waals surface area (Å²) in [5.74, 6) is 0.489. The Morgan fingerprint density at radius 2 is 2.36 bits per heavy atom. The van der Waals surface area contributed by atoms with Gasteiger partial charge in [-0.3, -0.25) is 4.40 Å². The Balaban J connectivity index is 2.93. The summed E-state index contributed by atoms with van der Waals surface area (Å²) in [7, 11) is 0. The molecular formula is C8H6BrN3O2. The molecule has 0 amide bonds. The molecule has 6 heteroatoms. The van der Waals surface area contributed by atoms with Gasteiger partial charge >= 0.3 is 5.82 Å². The minimum atomic E-state index is -0.479. The van der Waals surface area contributed by atoms with Gasteiger partial charge in [0.05, 0.1) is 4.47 Å². The quantitative estimate of drug-likeness (QED) is 0.581. The summed E-state index contributed by atoms with van der Waals surface area (Å²) in [4.78, 5) is 14.1. The third-order valence-electron chi connectivity index (χ3n) is 1.95. The van der Waals surface area contributed by atoms with Crippen LogP contribution in [0.1, 0.15) is 5.82 Å². The first-order chi connectivity index (χ1) is 6.61. The zero-order chi connectivity index (χ0) is 10.3. The molecule has 0 spiro atoms. The van der Waals surface area contributed by atoms with Crippen LogP contribution in [0.3, 0.4) is 0 Å². The van der Waals surface area contributed by atoms with E-state index in [1.54, 1.807) is 29.7 Å². The molecule has 0 unspecified atom stereocenters. The Kier molecular flexibility index (Phi) is 1.99. The molecule has 14 heavy (non-hydrogen) atoms. The van der Waals surface area contributed by atoms with Gasteiger partial charge in [0.1, 0.15) is 0 Å². The van der Waals surface area contributed by atoms with Crippen LogP contribution in [0.25, 0.3) is 5.52 Å². The van der Waals surface area contributed by atoms with Crippen LogP contribution in [-0.4, -0.2) is 14.3 Å². The summed E-state index contributed by atoms with van der Waals surface area (Å²) in [6, 6.07) is 3.55. The van der Waals surface area contributed by atoms with Gasteiger partial charge in [-0.25, -0.2) is 0 Å². The molecule has 0 aromatic carbocycles. The molecule has 72 valence electrons. The number of hydrogen-bond acceptors (Lipinski definition) is 3. The Bertz CT molecular complexity index is 521. The van der Waals surface area contributed by atoms with E-state index in [1.165, 1.54) is 0 Å². The molecule has 0 fully saturated rings. The number of nitrogens with zero attached hydrogens (tertiary/aromatic N) is 3. The van der Waals surface area contributed by atoms with Gasteiger partial charge in [0.25, 0.3) is 0 Å². The van der Waals surface area contributed by atoms with Crippen LogP contribution in [-0.2, 0) is 0 Å². The third-order valence-corrected chi connectivity index (χ3v) is 2.59. The highest BCUT2D eigenvalue weighted by atomic mass is 79.9. The molecule has 0 aliphatic carbocycles. The fourth-order valence-electron chi connectivity index (χ4n) is 1.35. The van der Waals surface area contributed by atoms with E-state index in [2.05, 4.69) is 20.9 Å². The highest BCUT2D eigenvalue weighted by Crippen LogP contribution is 2.27. The van der Waals surface area contributed by atoms with Crippen molar-refractivity contribution in [1.29, 1.82) is 0 Å². The van der Waals surface area contributed by atoms with Crippen LogP contribution in [0.15, 0.2) is 22.8 Å². The summed E-state index contributed by atoms with van der Waals surface area (Å²) in [6.45, 7) is 1.73. The van der Waals surface area contributed by atoms with Crippen molar-refractivity contribution in [3.63, 3.8) is 0 Å². The van der Waals surface area contributed by atoms with Crippen molar-refractivity contribution in [2.24, 2.45) is 0 Å². The highest BCUT2D eigenvalue weighted by Gasteiger charge is 2.21. The van der Waals surface area contributed by atoms with E-state index >= 15 is 0 Å². The van der Waals surface area contributed by atoms with Gasteiger partial charge in [-0.05, 0) is 38.0 Å². The predicted octanol–water partition coefficient (Wildman–Crippen LogP) is 2.31. The number of hydrogen-bond donors (Lipinski definition) is 0. The molecule has 2 aromatic heterocycles. The Labute approximate surface area is 87.7 Å². The molecule has 0 saturated heterocycles. The number of nitro groups is 1. The third kappa shape index (κ3) is 1.19. The summed E-state index contributed by atoms with van der Waals surface area (Å²) in [5, 5.41) is 10.7. The molecule has 5 nitrogen and oxygen atoms in total. The lowest BCUT2D eigenvalue weighted by Gasteiger charge is -1.95. The second-order valence-electron chi connectivity index (χ2n) is 2.81. The first-order valence-corrected chi connectivity index (χ1v) is 4.68. The predicted molar refractivity (Wildman–Crippen MR) is 54.3 cm³/mol. The molecule has 2 rings (SSSR count). The first kappa shape index (κ1) is 9.14. The smallest absolute Gasteiger partial charge is 0.358 e. The standard InChI is InChI=1S/C8H6BrN3O2/c1-5-10-8(12(13)14)7-6(9)3-2-4-11(5)7/h2-4H,1H3. The monoisotopic (exact) mass is 255 g/mol. The van der Waals surface area contributed by atoms with E-state index in [0.29, 0.717) is 15.8 Å². The largest absolute Gasteiger partial charge is 0.390 e. The fourth-order valence-corrected chi connectivity index (χ4v) is 1.87. The number of aryl methyl sites for hydroxylation is 1. The summed E-state index contributed by atoms with van der Waals surface area (Å²) >= 11 is 3.26. The lowest BCUT2D eigenvalue weighted by atomic mass is 10.4. The van der Waals surface area contributed by atoms with Gasteiger partial charge in [0, 0.05) is 13.1 Å². The van der Waals surface area contributed by atoms with Crippen LogP contribution in [0, 0.1) is 17.0 Å². The number of aromatic nitrogens is 2. The maximum absolute atomic E-state index is 10.7. The number of rotatable bonds is 1. The first-order valence-electron chi connectivity index (χ1n) is 3.89. The van der Waals surface area contributed by atoms with E-state index in [1.807, 2.05) is 0 Å². The molecule has 2 heterocycles. The topological polar surface area (TPSA) is 60.4 Å².